The van der Waals surface area contributed by atoms with Crippen LogP contribution in [0.3, 0.4) is 0 Å². The van der Waals surface area contributed by atoms with Crippen molar-refractivity contribution in [3.8, 4) is 0 Å². The number of benzene rings is 2. The molecule has 0 saturated carbocycles. The van der Waals surface area contributed by atoms with E-state index < -0.39 is 17.8 Å². The Morgan fingerprint density at radius 3 is 2.66 bits per heavy atom. The molecule has 0 aliphatic carbocycles. The first-order valence-electron chi connectivity index (χ1n) is 8.67. The van der Waals surface area contributed by atoms with Crippen molar-refractivity contribution in [2.75, 3.05) is 11.9 Å². The van der Waals surface area contributed by atoms with E-state index in [4.69, 9.17) is 10.3 Å². The number of nitrogens with two attached hydrogens (primary N) is 1. The van der Waals surface area contributed by atoms with Gasteiger partial charge in [0.2, 0.25) is 11.3 Å². The van der Waals surface area contributed by atoms with E-state index >= 15 is 0 Å². The number of halogens is 3. The maximum absolute atomic E-state index is 12.7. The lowest BCUT2D eigenvalue weighted by molar-refractivity contribution is -0.782. The van der Waals surface area contributed by atoms with E-state index in [1.54, 1.807) is 0 Å². The summed E-state index contributed by atoms with van der Waals surface area (Å²) in [5, 5.41) is 18.1. The zero-order chi connectivity index (χ0) is 20.9. The highest BCUT2D eigenvalue weighted by molar-refractivity contribution is 5.87. The van der Waals surface area contributed by atoms with Crippen molar-refractivity contribution >= 4 is 17.6 Å². The van der Waals surface area contributed by atoms with Gasteiger partial charge in [-0.2, -0.15) is 13.2 Å². The summed E-state index contributed by atoms with van der Waals surface area (Å²) >= 11 is 0. The smallest absolute Gasteiger partial charge is 0.416 e. The summed E-state index contributed by atoms with van der Waals surface area (Å²) < 4.78 is 44.7. The van der Waals surface area contributed by atoms with Gasteiger partial charge in [0.1, 0.15) is 0 Å². The lowest BCUT2D eigenvalue weighted by Crippen LogP contribution is -2.45. The molecule has 10 heteroatoms. The van der Waals surface area contributed by atoms with Crippen LogP contribution in [0.5, 0.6) is 0 Å². The number of aromatic nitrogens is 2. The van der Waals surface area contributed by atoms with Crippen molar-refractivity contribution in [1.82, 2.24) is 5.27 Å². The van der Waals surface area contributed by atoms with Crippen LogP contribution in [0.25, 0.3) is 0 Å². The van der Waals surface area contributed by atoms with Gasteiger partial charge in [-0.1, -0.05) is 36.4 Å². The van der Waals surface area contributed by atoms with Crippen molar-refractivity contribution in [3.63, 3.8) is 0 Å². The standard InChI is InChI=1S/C19H18F3N5O2/c20-19(21,22)14-7-4-8-15(10-14)24-18(28)25-17-12-27(26-29-17)16(11-23)9-13-5-2-1-3-6-13/h1-8,10,12,16H,9,11,23H2,(H-,24,25,26,28)/t16-/m1/s1. The molecule has 0 spiro atoms. The number of rotatable bonds is 6. The van der Waals surface area contributed by atoms with E-state index in [9.17, 15) is 18.3 Å². The number of nitrogens with zero attached hydrogens (tertiary/aromatic N) is 3. The summed E-state index contributed by atoms with van der Waals surface area (Å²) in [6, 6.07) is 12.8. The van der Waals surface area contributed by atoms with Gasteiger partial charge in [0.15, 0.2) is 0 Å². The van der Waals surface area contributed by atoms with E-state index in [1.807, 2.05) is 30.3 Å². The van der Waals surface area contributed by atoms with Crippen LogP contribution in [-0.2, 0) is 12.6 Å². The Bertz CT molecular complexity index is 973. The fraction of sp³-hybridized carbons (Fsp3) is 0.211. The van der Waals surface area contributed by atoms with Gasteiger partial charge in [-0.25, -0.2) is 4.99 Å². The predicted octanol–water partition coefficient (Wildman–Crippen LogP) is 2.18. The van der Waals surface area contributed by atoms with Crippen LogP contribution in [0.15, 0.2) is 70.3 Å². The maximum Gasteiger partial charge on any atom is 0.416 e. The van der Waals surface area contributed by atoms with Crippen LogP contribution < -0.4 is 20.8 Å². The lowest BCUT2D eigenvalue weighted by Gasteiger charge is -2.14. The zero-order valence-electron chi connectivity index (χ0n) is 15.1. The van der Waals surface area contributed by atoms with Gasteiger partial charge in [0.25, 0.3) is 6.20 Å². The van der Waals surface area contributed by atoms with Gasteiger partial charge in [-0.05, 0) is 28.4 Å². The summed E-state index contributed by atoms with van der Waals surface area (Å²) in [6.07, 6.45) is -2.50. The Hall–Kier alpha value is -3.40. The molecule has 1 heterocycles. The summed E-state index contributed by atoms with van der Waals surface area (Å²) in [6.45, 7) is 0.280. The van der Waals surface area contributed by atoms with Gasteiger partial charge in [-0.3, -0.25) is 4.52 Å². The number of hydrogen-bond donors (Lipinski definition) is 2. The summed E-state index contributed by atoms with van der Waals surface area (Å²) in [5.74, 6) is -0.0963. The third-order valence-electron chi connectivity index (χ3n) is 4.08. The third kappa shape index (κ3) is 5.55. The number of nitrogens with one attached hydrogen (secondary N) is 1. The first-order chi connectivity index (χ1) is 13.8. The maximum atomic E-state index is 12.7. The van der Waals surface area contributed by atoms with Gasteiger partial charge in [-0.15, -0.1) is 0 Å². The van der Waals surface area contributed by atoms with Gasteiger partial charge < -0.3 is 16.2 Å². The quantitative estimate of drug-likeness (QED) is 0.372. The monoisotopic (exact) mass is 405 g/mol. The van der Waals surface area contributed by atoms with Crippen molar-refractivity contribution in [1.29, 1.82) is 0 Å². The molecular weight excluding hydrogens is 387 g/mol. The first-order valence-corrected chi connectivity index (χ1v) is 8.67. The van der Waals surface area contributed by atoms with Crippen molar-refractivity contribution in [3.05, 3.63) is 71.9 Å². The normalized spacial score (nSPS) is 13.3. The zero-order valence-corrected chi connectivity index (χ0v) is 15.1. The van der Waals surface area contributed by atoms with E-state index in [-0.39, 0.29) is 24.2 Å². The number of aliphatic imine (C=N–C) groups is 1. The van der Waals surface area contributed by atoms with Crippen LogP contribution >= 0.6 is 0 Å². The highest BCUT2D eigenvalue weighted by Crippen LogP contribution is 2.30. The first kappa shape index (κ1) is 20.3. The molecule has 0 fully saturated rings. The molecule has 0 aliphatic heterocycles. The minimum Gasteiger partial charge on any atom is -0.846 e. The molecule has 3 rings (SSSR count). The molecule has 0 saturated heterocycles. The number of amidine groups is 1. The fourth-order valence-corrected chi connectivity index (χ4v) is 2.67. The average Bonchev–Trinajstić information content (AvgIpc) is 3.14. The molecule has 3 N–H and O–H groups in total. The fourth-order valence-electron chi connectivity index (χ4n) is 2.67. The van der Waals surface area contributed by atoms with Crippen LogP contribution in [0.2, 0.25) is 0 Å². The van der Waals surface area contributed by atoms with Crippen LogP contribution in [0, 0.1) is 0 Å². The predicted molar refractivity (Wildman–Crippen MR) is 97.1 cm³/mol. The molecule has 1 aromatic heterocycles. The molecule has 0 unspecified atom stereocenters. The van der Waals surface area contributed by atoms with Gasteiger partial charge in [0, 0.05) is 12.1 Å². The van der Waals surface area contributed by atoms with Gasteiger partial charge in [0.05, 0.1) is 18.1 Å². The summed E-state index contributed by atoms with van der Waals surface area (Å²) in [7, 11) is 0. The second-order valence-electron chi connectivity index (χ2n) is 6.22. The second-order valence-corrected chi connectivity index (χ2v) is 6.22. The number of alkyl halides is 3. The molecule has 29 heavy (non-hydrogen) atoms. The minimum atomic E-state index is -4.51. The van der Waals surface area contributed by atoms with Crippen molar-refractivity contribution < 1.29 is 27.5 Å². The van der Waals surface area contributed by atoms with Crippen LogP contribution in [0.4, 0.5) is 24.7 Å². The molecule has 3 aromatic rings. The summed E-state index contributed by atoms with van der Waals surface area (Å²) in [5.41, 5.74) is 5.95. The minimum absolute atomic E-state index is 0.0371. The molecule has 0 aliphatic rings. The summed E-state index contributed by atoms with van der Waals surface area (Å²) in [4.78, 5) is 3.67. The molecule has 2 aromatic carbocycles. The third-order valence-corrected chi connectivity index (χ3v) is 4.08. The Kier molecular flexibility index (Phi) is 6.13. The molecule has 0 amide bonds. The molecule has 1 atom stereocenters. The highest BCUT2D eigenvalue weighted by Gasteiger charge is 2.30. The molecule has 152 valence electrons. The lowest BCUT2D eigenvalue weighted by atomic mass is 10.1. The molecule has 7 nitrogen and oxygen atoms in total. The van der Waals surface area contributed by atoms with Gasteiger partial charge >= 0.3 is 12.1 Å². The Labute approximate surface area is 164 Å². The Balaban J connectivity index is 1.70. The van der Waals surface area contributed by atoms with Crippen molar-refractivity contribution in [2.45, 2.75) is 18.6 Å². The Morgan fingerprint density at radius 1 is 1.21 bits per heavy atom. The molecule has 0 radical (unpaired) electrons. The number of anilines is 1. The topological polar surface area (TPSA) is 103 Å². The van der Waals surface area contributed by atoms with E-state index in [2.05, 4.69) is 15.6 Å². The number of hydrogen-bond acceptors (Lipinski definition) is 5. The SMILES string of the molecule is NC[C@@H](Cc1ccccc1)[n+]1cc(N=C([O-])Nc2cccc(C(F)(F)F)c2)on1. The molecule has 0 bridgehead atoms. The van der Waals surface area contributed by atoms with E-state index in [0.717, 1.165) is 17.7 Å². The van der Waals surface area contributed by atoms with Crippen LogP contribution in [-0.4, -0.2) is 17.8 Å². The van der Waals surface area contributed by atoms with E-state index in [1.165, 1.54) is 23.0 Å². The second kappa shape index (κ2) is 8.74. The van der Waals surface area contributed by atoms with Crippen molar-refractivity contribution in [2.24, 2.45) is 10.7 Å². The molecular formula is C19H18F3N5O2. The van der Waals surface area contributed by atoms with Crippen LogP contribution in [0.1, 0.15) is 17.2 Å². The highest BCUT2D eigenvalue weighted by atomic mass is 19.4. The largest absolute Gasteiger partial charge is 0.846 e. The Morgan fingerprint density at radius 2 is 1.97 bits per heavy atom. The van der Waals surface area contributed by atoms with E-state index in [0.29, 0.717) is 6.42 Å². The average molecular weight is 405 g/mol.